The molecule has 1 amide bonds. The lowest BCUT2D eigenvalue weighted by molar-refractivity contribution is -0.116. The molecule has 2 rings (SSSR count). The molecule has 0 aromatic heterocycles. The van der Waals surface area contributed by atoms with Gasteiger partial charge in [0, 0.05) is 18.7 Å². The molecule has 0 heterocycles. The van der Waals surface area contributed by atoms with Gasteiger partial charge in [-0.3, -0.25) is 9.10 Å². The maximum atomic E-state index is 12.3. The van der Waals surface area contributed by atoms with Crippen LogP contribution in [0.4, 0.5) is 11.4 Å². The van der Waals surface area contributed by atoms with Gasteiger partial charge in [-0.1, -0.05) is 36.4 Å². The number of carbonyl (C=O) groups is 1. The number of amides is 1. The average molecular weight is 360 g/mol. The fourth-order valence-electron chi connectivity index (χ4n) is 2.77. The first-order chi connectivity index (χ1) is 11.7. The van der Waals surface area contributed by atoms with Crippen molar-refractivity contribution in [1.82, 2.24) is 0 Å². The van der Waals surface area contributed by atoms with Crippen molar-refractivity contribution in [2.24, 2.45) is 0 Å². The number of rotatable bonds is 6. The summed E-state index contributed by atoms with van der Waals surface area (Å²) in [7, 11) is -3.49. The SMILES string of the molecule is Cc1ccccc1NC(=O)CCN(c1c(C)cccc1C)S(C)(=O)=O. The van der Waals surface area contributed by atoms with Gasteiger partial charge >= 0.3 is 0 Å². The van der Waals surface area contributed by atoms with E-state index in [4.69, 9.17) is 0 Å². The van der Waals surface area contributed by atoms with Gasteiger partial charge < -0.3 is 5.32 Å². The minimum atomic E-state index is -3.49. The number of sulfonamides is 1. The van der Waals surface area contributed by atoms with Crippen molar-refractivity contribution >= 4 is 27.3 Å². The topological polar surface area (TPSA) is 66.5 Å². The number of aryl methyl sites for hydroxylation is 3. The summed E-state index contributed by atoms with van der Waals surface area (Å²) in [6, 6.07) is 13.1. The first-order valence-corrected chi connectivity index (χ1v) is 9.94. The molecule has 0 bridgehead atoms. The molecule has 6 heteroatoms. The number of hydrogen-bond donors (Lipinski definition) is 1. The second kappa shape index (κ2) is 7.70. The van der Waals surface area contributed by atoms with Crippen LogP contribution in [0.25, 0.3) is 0 Å². The van der Waals surface area contributed by atoms with Gasteiger partial charge in [-0.15, -0.1) is 0 Å². The van der Waals surface area contributed by atoms with Crippen molar-refractivity contribution in [3.63, 3.8) is 0 Å². The summed E-state index contributed by atoms with van der Waals surface area (Å²) in [5.74, 6) is -0.214. The molecule has 0 aliphatic carbocycles. The van der Waals surface area contributed by atoms with Crippen LogP contribution in [0.15, 0.2) is 42.5 Å². The van der Waals surface area contributed by atoms with E-state index in [1.807, 2.05) is 63.2 Å². The Bertz CT molecular complexity index is 856. The Morgan fingerprint density at radius 2 is 1.52 bits per heavy atom. The number of para-hydroxylation sites is 2. The molecule has 0 aliphatic heterocycles. The highest BCUT2D eigenvalue weighted by Gasteiger charge is 2.22. The molecule has 0 radical (unpaired) electrons. The number of anilines is 2. The molecule has 0 unspecified atom stereocenters. The first kappa shape index (κ1) is 19.0. The highest BCUT2D eigenvalue weighted by atomic mass is 32.2. The van der Waals surface area contributed by atoms with E-state index in [9.17, 15) is 13.2 Å². The van der Waals surface area contributed by atoms with Crippen LogP contribution >= 0.6 is 0 Å². The second-order valence-electron chi connectivity index (χ2n) is 6.19. The monoisotopic (exact) mass is 360 g/mol. The fraction of sp³-hybridized carbons (Fsp3) is 0.316. The molecular weight excluding hydrogens is 336 g/mol. The normalized spacial score (nSPS) is 11.2. The summed E-state index contributed by atoms with van der Waals surface area (Å²) >= 11 is 0. The smallest absolute Gasteiger partial charge is 0.232 e. The lowest BCUT2D eigenvalue weighted by atomic mass is 10.1. The van der Waals surface area contributed by atoms with E-state index in [1.54, 1.807) is 0 Å². The van der Waals surface area contributed by atoms with Crippen molar-refractivity contribution in [2.45, 2.75) is 27.2 Å². The van der Waals surface area contributed by atoms with Crippen molar-refractivity contribution < 1.29 is 13.2 Å². The van der Waals surface area contributed by atoms with Gasteiger partial charge in [0.15, 0.2) is 0 Å². The number of carbonyl (C=O) groups excluding carboxylic acids is 1. The van der Waals surface area contributed by atoms with E-state index >= 15 is 0 Å². The predicted molar refractivity (Wildman–Crippen MR) is 103 cm³/mol. The van der Waals surface area contributed by atoms with Crippen molar-refractivity contribution in [2.75, 3.05) is 22.4 Å². The average Bonchev–Trinajstić information content (AvgIpc) is 2.51. The zero-order valence-electron chi connectivity index (χ0n) is 15.0. The van der Waals surface area contributed by atoms with Gasteiger partial charge in [-0.2, -0.15) is 0 Å². The van der Waals surface area contributed by atoms with Crippen molar-refractivity contribution in [3.05, 3.63) is 59.2 Å². The quantitative estimate of drug-likeness (QED) is 0.858. The Hall–Kier alpha value is -2.34. The molecule has 2 aromatic carbocycles. The molecule has 1 N–H and O–H groups in total. The Labute approximate surface area is 149 Å². The van der Waals surface area contributed by atoms with Crippen LogP contribution in [-0.4, -0.2) is 27.1 Å². The highest BCUT2D eigenvalue weighted by Crippen LogP contribution is 2.27. The highest BCUT2D eigenvalue weighted by molar-refractivity contribution is 7.92. The molecule has 0 atom stereocenters. The lowest BCUT2D eigenvalue weighted by Gasteiger charge is -2.25. The van der Waals surface area contributed by atoms with E-state index in [0.717, 1.165) is 28.6 Å². The molecule has 134 valence electrons. The van der Waals surface area contributed by atoms with Crippen LogP contribution < -0.4 is 9.62 Å². The van der Waals surface area contributed by atoms with Crippen LogP contribution in [0, 0.1) is 20.8 Å². The van der Waals surface area contributed by atoms with E-state index < -0.39 is 10.0 Å². The molecule has 0 spiro atoms. The van der Waals surface area contributed by atoms with E-state index in [1.165, 1.54) is 4.31 Å². The number of benzene rings is 2. The molecular formula is C19H24N2O3S. The molecule has 25 heavy (non-hydrogen) atoms. The fourth-order valence-corrected chi connectivity index (χ4v) is 3.81. The second-order valence-corrected chi connectivity index (χ2v) is 8.10. The van der Waals surface area contributed by atoms with Crippen LogP contribution in [0.1, 0.15) is 23.1 Å². The summed E-state index contributed by atoms with van der Waals surface area (Å²) < 4.78 is 25.8. The predicted octanol–water partition coefficient (Wildman–Crippen LogP) is 3.41. The summed E-state index contributed by atoms with van der Waals surface area (Å²) in [6.07, 6.45) is 1.24. The molecule has 5 nitrogen and oxygen atoms in total. The first-order valence-electron chi connectivity index (χ1n) is 8.09. The minimum Gasteiger partial charge on any atom is -0.326 e. The lowest BCUT2D eigenvalue weighted by Crippen LogP contribution is -2.34. The Morgan fingerprint density at radius 1 is 0.960 bits per heavy atom. The standard InChI is InChI=1S/C19H24N2O3S/c1-14-8-5-6-11-17(14)20-18(22)12-13-21(25(4,23)24)19-15(2)9-7-10-16(19)3/h5-11H,12-13H2,1-4H3,(H,20,22). The van der Waals surface area contributed by atoms with Crippen molar-refractivity contribution in [3.8, 4) is 0 Å². The van der Waals surface area contributed by atoms with E-state index in [-0.39, 0.29) is 18.9 Å². The third-order valence-corrected chi connectivity index (χ3v) is 5.22. The Morgan fingerprint density at radius 3 is 2.08 bits per heavy atom. The Balaban J connectivity index is 2.17. The van der Waals surface area contributed by atoms with Gasteiger partial charge in [-0.25, -0.2) is 8.42 Å². The largest absolute Gasteiger partial charge is 0.326 e. The molecule has 0 fully saturated rings. The van der Waals surface area contributed by atoms with Crippen LogP contribution in [0.5, 0.6) is 0 Å². The van der Waals surface area contributed by atoms with Gasteiger partial charge in [0.25, 0.3) is 0 Å². The maximum Gasteiger partial charge on any atom is 0.232 e. The summed E-state index contributed by atoms with van der Waals surface area (Å²) in [4.78, 5) is 12.3. The minimum absolute atomic E-state index is 0.0786. The third-order valence-electron chi connectivity index (χ3n) is 4.05. The van der Waals surface area contributed by atoms with Gasteiger partial charge in [0.05, 0.1) is 11.9 Å². The van der Waals surface area contributed by atoms with Gasteiger partial charge in [0.2, 0.25) is 15.9 Å². The number of nitrogens with one attached hydrogen (secondary N) is 1. The Kier molecular flexibility index (Phi) is 5.85. The van der Waals surface area contributed by atoms with Gasteiger partial charge in [0.1, 0.15) is 0 Å². The summed E-state index contributed by atoms with van der Waals surface area (Å²) in [6.45, 7) is 5.75. The number of nitrogens with zero attached hydrogens (tertiary/aromatic N) is 1. The zero-order valence-corrected chi connectivity index (χ0v) is 15.9. The molecule has 0 saturated carbocycles. The van der Waals surface area contributed by atoms with Crippen LogP contribution in [-0.2, 0) is 14.8 Å². The van der Waals surface area contributed by atoms with Crippen LogP contribution in [0.3, 0.4) is 0 Å². The zero-order chi connectivity index (χ0) is 18.6. The summed E-state index contributed by atoms with van der Waals surface area (Å²) in [5, 5.41) is 2.84. The van der Waals surface area contributed by atoms with Crippen LogP contribution in [0.2, 0.25) is 0 Å². The van der Waals surface area contributed by atoms with E-state index in [2.05, 4.69) is 5.32 Å². The maximum absolute atomic E-state index is 12.3. The summed E-state index contributed by atoms with van der Waals surface area (Å²) in [5.41, 5.74) is 4.08. The molecule has 0 saturated heterocycles. The molecule has 0 aliphatic rings. The van der Waals surface area contributed by atoms with Gasteiger partial charge in [-0.05, 0) is 43.5 Å². The van der Waals surface area contributed by atoms with Crippen molar-refractivity contribution in [1.29, 1.82) is 0 Å². The molecule has 2 aromatic rings. The third kappa shape index (κ3) is 4.82. The van der Waals surface area contributed by atoms with E-state index in [0.29, 0.717) is 5.69 Å². The number of hydrogen-bond acceptors (Lipinski definition) is 3.